The lowest BCUT2D eigenvalue weighted by Crippen LogP contribution is -2.40. The van der Waals surface area contributed by atoms with Gasteiger partial charge in [0.2, 0.25) is 47.3 Å². The topological polar surface area (TPSA) is 175 Å². The van der Waals surface area contributed by atoms with Crippen LogP contribution in [0.2, 0.25) is 0 Å². The van der Waals surface area contributed by atoms with Gasteiger partial charge in [-0.25, -0.2) is 0 Å². The molecule has 11 rings (SSSR count). The van der Waals surface area contributed by atoms with Crippen LogP contribution in [0.4, 0.5) is 0 Å². The molecule has 0 bridgehead atoms. The molecule has 8 atom stereocenters. The zero-order chi connectivity index (χ0) is 65.5. The number of nitrogens with zero attached hydrogens (tertiary/aromatic N) is 9. The molecule has 7 aromatic rings. The zero-order valence-electron chi connectivity index (χ0n) is 53.9. The highest BCUT2D eigenvalue weighted by molar-refractivity contribution is 5.93. The van der Waals surface area contributed by atoms with Crippen LogP contribution in [-0.2, 0) is 57.6 Å². The molecule has 0 N–H and O–H groups in total. The van der Waals surface area contributed by atoms with Gasteiger partial charge in [-0.1, -0.05) is 239 Å². The van der Waals surface area contributed by atoms with E-state index in [4.69, 9.17) is 0 Å². The Morgan fingerprint density at radius 2 is 0.642 bits per heavy atom. The van der Waals surface area contributed by atoms with Crippen LogP contribution in [0.15, 0.2) is 207 Å². The number of carbonyl (C=O) groups excluding carboxylic acids is 8. The van der Waals surface area contributed by atoms with Crippen LogP contribution in [0.3, 0.4) is 0 Å². The van der Waals surface area contributed by atoms with Gasteiger partial charge in [0.15, 0.2) is 0 Å². The first kappa shape index (κ1) is 77.7. The van der Waals surface area contributed by atoms with E-state index in [2.05, 4.69) is 18.8 Å². The lowest BCUT2D eigenvalue weighted by molar-refractivity contribution is -0.136. The highest BCUT2D eigenvalue weighted by atomic mass is 16.2. The van der Waals surface area contributed by atoms with Gasteiger partial charge in [0, 0.05) is 87.0 Å². The molecule has 0 saturated carbocycles. The number of benzene rings is 6. The summed E-state index contributed by atoms with van der Waals surface area (Å²) >= 11 is 0. The maximum Gasteiger partial charge on any atom is 0.247 e. The molecule has 5 heterocycles. The summed E-state index contributed by atoms with van der Waals surface area (Å²) in [7, 11) is 7.08. The van der Waals surface area contributed by atoms with Crippen LogP contribution in [-0.4, -0.2) is 144 Å². The number of rotatable bonds is 14. The summed E-state index contributed by atoms with van der Waals surface area (Å²) in [5, 5.41) is 0. The molecule has 506 valence electrons. The first-order chi connectivity index (χ1) is 43.7. The van der Waals surface area contributed by atoms with E-state index in [-0.39, 0.29) is 108 Å². The van der Waals surface area contributed by atoms with E-state index in [9.17, 15) is 38.4 Å². The van der Waals surface area contributed by atoms with Crippen LogP contribution in [0.5, 0.6) is 0 Å². The summed E-state index contributed by atoms with van der Waals surface area (Å²) in [4.78, 5) is 118. The Bertz CT molecular complexity index is 3450. The van der Waals surface area contributed by atoms with Gasteiger partial charge in [-0.15, -0.1) is 0 Å². The van der Waals surface area contributed by atoms with Gasteiger partial charge in [-0.3, -0.25) is 43.3 Å². The summed E-state index contributed by atoms with van der Waals surface area (Å²) < 4.78 is 0. The average Bonchev–Trinajstić information content (AvgIpc) is 1.66. The fourth-order valence-electron chi connectivity index (χ4n) is 12.8. The summed E-state index contributed by atoms with van der Waals surface area (Å²) in [6.07, 6.45) is 5.59. The Labute approximate surface area is 565 Å². The molecule has 17 nitrogen and oxygen atoms in total. The van der Waals surface area contributed by atoms with Gasteiger partial charge >= 0.3 is 0 Å². The van der Waals surface area contributed by atoms with Crippen molar-refractivity contribution in [2.45, 2.75) is 159 Å². The van der Waals surface area contributed by atoms with Crippen LogP contribution in [0.25, 0.3) is 0 Å². The van der Waals surface area contributed by atoms with Gasteiger partial charge in [0.25, 0.3) is 0 Å². The van der Waals surface area contributed by atoms with Gasteiger partial charge in [-0.2, -0.15) is 0 Å². The molecule has 95 heavy (non-hydrogen) atoms. The number of pyridine rings is 1. The Kier molecular flexibility index (Phi) is 29.5. The smallest absolute Gasteiger partial charge is 0.247 e. The monoisotopic (exact) mass is 1290 g/mol. The minimum absolute atomic E-state index is 0. The van der Waals surface area contributed by atoms with Crippen molar-refractivity contribution in [1.82, 2.24) is 44.2 Å². The molecule has 4 aliphatic heterocycles. The number of aromatic nitrogens is 1. The number of hydrogen-bond donors (Lipinski definition) is 0. The highest BCUT2D eigenvalue weighted by Crippen LogP contribution is 2.39. The molecule has 8 unspecified atom stereocenters. The molecule has 0 aliphatic carbocycles. The van der Waals surface area contributed by atoms with E-state index < -0.39 is 18.1 Å². The third kappa shape index (κ3) is 18.1. The number of hydrogen-bond acceptors (Lipinski definition) is 9. The van der Waals surface area contributed by atoms with E-state index in [1.54, 1.807) is 79.8 Å². The molecule has 4 saturated heterocycles. The SMILES string of the molecule is C.C.C.C.CC(=O)N1C(CC(C)C)C(=O)N(C)C1c1ccccc1.CC(=O)N1C(Cc2ccccc2)C(=O)N(C)C1c1ccccc1.CC(=O)N1C(Cc2cccnc2)C(=O)N(C)C1c1ccccc1.CCCC(=O)N1C(Cc2ccccc2)C(=O)N(C)C1c1ccccc1. The summed E-state index contributed by atoms with van der Waals surface area (Å²) in [6, 6.07) is 60.6. The van der Waals surface area contributed by atoms with Crippen LogP contribution in [0.1, 0.15) is 154 Å². The first-order valence-electron chi connectivity index (χ1n) is 31.2. The molecule has 8 amide bonds. The molecular weight excluding hydrogens is 1190 g/mol. The molecule has 1 aromatic heterocycles. The molecular formula is C78H101N9O8. The standard InChI is InChI=1S/C21H24N2O2.C19H20N2O2.C18H19N3O2.C16H22N2O2.4CH4/c1-3-10-19(24)23-18(15-16-11-6-4-7-12-16)21(25)22(2)20(23)17-13-8-5-9-14-17;1-14(22)21-17(13-15-9-5-3-6-10-15)19(23)20(2)18(21)16-11-7-4-8-12-16;1-13(22)21-16(11-14-7-6-10-19-12-14)18(23)20(2)17(21)15-8-4-3-5-9-15;1-11(2)10-14-16(20)17(4)15(18(14)12(3)19)13-8-6-5-7-9-13;;;;/h4-9,11-14,18,20H,3,10,15H2,1-2H3;3-12,17-18H,13H2,1-2H3;3-10,12,16-17H,11H2,1-2H3;5-9,11,14-15H,10H2,1-4H3;4*1H4. The Hall–Kier alpha value is -9.77. The minimum Gasteiger partial charge on any atom is -0.319 e. The fourth-order valence-corrected chi connectivity index (χ4v) is 12.8. The van der Waals surface area contributed by atoms with Crippen molar-refractivity contribution in [1.29, 1.82) is 0 Å². The van der Waals surface area contributed by atoms with Crippen molar-refractivity contribution < 1.29 is 38.4 Å². The van der Waals surface area contributed by atoms with E-state index in [1.807, 2.05) is 201 Å². The van der Waals surface area contributed by atoms with Crippen molar-refractivity contribution in [2.24, 2.45) is 5.92 Å². The molecule has 6 aromatic carbocycles. The maximum absolute atomic E-state index is 12.9. The fraction of sp³-hybridized carbons (Fsp3) is 0.372. The van der Waals surface area contributed by atoms with Crippen LogP contribution in [0, 0.1) is 5.92 Å². The van der Waals surface area contributed by atoms with E-state index in [1.165, 1.54) is 20.8 Å². The normalized spacial score (nSPS) is 20.2. The van der Waals surface area contributed by atoms with Crippen molar-refractivity contribution in [3.63, 3.8) is 0 Å². The predicted molar refractivity (Wildman–Crippen MR) is 377 cm³/mol. The van der Waals surface area contributed by atoms with Gasteiger partial charge < -0.3 is 39.2 Å². The summed E-state index contributed by atoms with van der Waals surface area (Å²) in [6.45, 7) is 10.7. The third-order valence-electron chi connectivity index (χ3n) is 17.0. The van der Waals surface area contributed by atoms with Gasteiger partial charge in [0.05, 0.1) is 0 Å². The number of carbonyl (C=O) groups is 8. The zero-order valence-corrected chi connectivity index (χ0v) is 53.9. The molecule has 0 spiro atoms. The van der Waals surface area contributed by atoms with Crippen molar-refractivity contribution >= 4 is 47.3 Å². The Morgan fingerprint density at radius 1 is 0.379 bits per heavy atom. The highest BCUT2D eigenvalue weighted by Gasteiger charge is 2.50. The predicted octanol–water partition coefficient (Wildman–Crippen LogP) is 13.0. The second-order valence-electron chi connectivity index (χ2n) is 23.9. The lowest BCUT2D eigenvalue weighted by atomic mass is 10.0. The van der Waals surface area contributed by atoms with Gasteiger partial charge in [-0.05, 0) is 63.8 Å². The molecule has 0 radical (unpaired) electrons. The number of likely N-dealkylation sites (N-methyl/N-ethyl adjacent to an activating group) is 4. The quantitative estimate of drug-likeness (QED) is 0.103. The largest absolute Gasteiger partial charge is 0.319 e. The van der Waals surface area contributed by atoms with Gasteiger partial charge in [0.1, 0.15) is 48.8 Å². The van der Waals surface area contributed by atoms with Crippen molar-refractivity contribution in [3.05, 3.63) is 245 Å². The van der Waals surface area contributed by atoms with Crippen molar-refractivity contribution in [2.75, 3.05) is 28.2 Å². The number of amides is 8. The maximum atomic E-state index is 12.9. The summed E-state index contributed by atoms with van der Waals surface area (Å²) in [5.74, 6) is 0.134. The third-order valence-corrected chi connectivity index (χ3v) is 17.0. The second-order valence-corrected chi connectivity index (χ2v) is 23.9. The Morgan fingerprint density at radius 3 is 0.926 bits per heavy atom. The Balaban J connectivity index is 0.000000267. The van der Waals surface area contributed by atoms with Crippen LogP contribution < -0.4 is 0 Å². The first-order valence-corrected chi connectivity index (χ1v) is 31.2. The summed E-state index contributed by atoms with van der Waals surface area (Å²) in [5.41, 5.74) is 6.90. The van der Waals surface area contributed by atoms with E-state index in [0.29, 0.717) is 38.0 Å². The van der Waals surface area contributed by atoms with Crippen molar-refractivity contribution in [3.8, 4) is 0 Å². The second kappa shape index (κ2) is 36.0. The molecule has 4 fully saturated rings. The lowest BCUT2D eigenvalue weighted by Gasteiger charge is -2.30. The van der Waals surface area contributed by atoms with E-state index in [0.717, 1.165) is 45.4 Å². The molecule has 4 aliphatic rings. The average molecular weight is 1290 g/mol. The molecule has 17 heteroatoms. The van der Waals surface area contributed by atoms with E-state index >= 15 is 0 Å². The minimum atomic E-state index is -0.494. The van der Waals surface area contributed by atoms with Crippen LogP contribution >= 0.6 is 0 Å².